The standard InChI is InChI=1S/C15H17ClN4O/c1-17-13-8-14(20-15(19-13)9-3-4-9)18-12-7-10(21-2)5-6-11(12)16/h5-9H,3-4H2,1-2H3,(H2,17,18,19,20). The first-order chi connectivity index (χ1) is 10.2. The van der Waals surface area contributed by atoms with Gasteiger partial charge in [0.25, 0.3) is 0 Å². The van der Waals surface area contributed by atoms with Gasteiger partial charge in [-0.25, -0.2) is 9.97 Å². The molecule has 1 aliphatic rings. The molecule has 1 saturated carbocycles. The zero-order valence-electron chi connectivity index (χ0n) is 12.0. The van der Waals surface area contributed by atoms with Crippen LogP contribution in [-0.4, -0.2) is 24.1 Å². The van der Waals surface area contributed by atoms with Crippen molar-refractivity contribution < 1.29 is 4.74 Å². The first-order valence-corrected chi connectivity index (χ1v) is 7.24. The van der Waals surface area contributed by atoms with Gasteiger partial charge in [0.2, 0.25) is 0 Å². The van der Waals surface area contributed by atoms with Gasteiger partial charge in [-0.1, -0.05) is 11.6 Å². The second kappa shape index (κ2) is 5.77. The van der Waals surface area contributed by atoms with Crippen molar-refractivity contribution in [1.29, 1.82) is 0 Å². The number of anilines is 3. The quantitative estimate of drug-likeness (QED) is 0.880. The van der Waals surface area contributed by atoms with Crippen molar-refractivity contribution >= 4 is 28.9 Å². The number of rotatable bonds is 5. The van der Waals surface area contributed by atoms with Gasteiger partial charge in [0.05, 0.1) is 17.8 Å². The van der Waals surface area contributed by atoms with E-state index in [2.05, 4.69) is 20.6 Å². The van der Waals surface area contributed by atoms with Crippen LogP contribution in [0.2, 0.25) is 5.02 Å². The van der Waals surface area contributed by atoms with Crippen molar-refractivity contribution in [2.45, 2.75) is 18.8 Å². The Balaban J connectivity index is 1.91. The van der Waals surface area contributed by atoms with Crippen LogP contribution in [0.1, 0.15) is 24.6 Å². The number of methoxy groups -OCH3 is 1. The summed E-state index contributed by atoms with van der Waals surface area (Å²) in [5, 5.41) is 6.93. The number of nitrogens with one attached hydrogen (secondary N) is 2. The molecule has 0 spiro atoms. The minimum Gasteiger partial charge on any atom is -0.497 e. The van der Waals surface area contributed by atoms with Gasteiger partial charge < -0.3 is 15.4 Å². The SMILES string of the molecule is CNc1cc(Nc2cc(OC)ccc2Cl)nc(C2CC2)n1. The molecule has 3 rings (SSSR count). The third-order valence-corrected chi connectivity index (χ3v) is 3.71. The Morgan fingerprint density at radius 1 is 1.19 bits per heavy atom. The molecule has 2 aromatic rings. The summed E-state index contributed by atoms with van der Waals surface area (Å²) in [5.74, 6) is 3.63. The molecule has 0 atom stereocenters. The maximum Gasteiger partial charge on any atom is 0.136 e. The summed E-state index contributed by atoms with van der Waals surface area (Å²) in [4.78, 5) is 9.07. The predicted molar refractivity (Wildman–Crippen MR) is 84.8 cm³/mol. The molecule has 0 saturated heterocycles. The Labute approximate surface area is 128 Å². The Morgan fingerprint density at radius 2 is 1.95 bits per heavy atom. The summed E-state index contributed by atoms with van der Waals surface area (Å²) in [7, 11) is 3.48. The van der Waals surface area contributed by atoms with Crippen molar-refractivity contribution in [3.63, 3.8) is 0 Å². The van der Waals surface area contributed by atoms with Gasteiger partial charge in [-0.05, 0) is 25.0 Å². The highest BCUT2D eigenvalue weighted by Gasteiger charge is 2.27. The number of hydrogen-bond acceptors (Lipinski definition) is 5. The molecule has 0 aliphatic heterocycles. The third kappa shape index (κ3) is 3.19. The molecule has 5 nitrogen and oxygen atoms in total. The molecule has 1 heterocycles. The smallest absolute Gasteiger partial charge is 0.136 e. The molecule has 6 heteroatoms. The number of benzene rings is 1. The van der Waals surface area contributed by atoms with E-state index in [0.29, 0.717) is 10.9 Å². The molecule has 1 aromatic heterocycles. The molecule has 1 fully saturated rings. The van der Waals surface area contributed by atoms with Crippen LogP contribution < -0.4 is 15.4 Å². The van der Waals surface area contributed by atoms with Gasteiger partial charge in [-0.15, -0.1) is 0 Å². The van der Waals surface area contributed by atoms with E-state index >= 15 is 0 Å². The molecular formula is C15H17ClN4O. The van der Waals surface area contributed by atoms with Crippen LogP contribution in [-0.2, 0) is 0 Å². The summed E-state index contributed by atoms with van der Waals surface area (Å²) >= 11 is 6.21. The minimum absolute atomic E-state index is 0.486. The lowest BCUT2D eigenvalue weighted by Crippen LogP contribution is -2.03. The summed E-state index contributed by atoms with van der Waals surface area (Å²) in [6.07, 6.45) is 2.32. The molecule has 21 heavy (non-hydrogen) atoms. The van der Waals surface area contributed by atoms with Crippen molar-refractivity contribution in [2.24, 2.45) is 0 Å². The number of hydrogen-bond donors (Lipinski definition) is 2. The van der Waals surface area contributed by atoms with Gasteiger partial charge in [0.15, 0.2) is 0 Å². The normalized spacial score (nSPS) is 13.9. The largest absolute Gasteiger partial charge is 0.497 e. The molecular weight excluding hydrogens is 288 g/mol. The van der Waals surface area contributed by atoms with E-state index in [1.807, 2.05) is 25.2 Å². The van der Waals surface area contributed by atoms with Crippen molar-refractivity contribution in [3.05, 3.63) is 35.1 Å². The minimum atomic E-state index is 0.486. The van der Waals surface area contributed by atoms with E-state index < -0.39 is 0 Å². The molecule has 110 valence electrons. The lowest BCUT2D eigenvalue weighted by atomic mass is 10.3. The first-order valence-electron chi connectivity index (χ1n) is 6.87. The average molecular weight is 305 g/mol. The van der Waals surface area contributed by atoms with Gasteiger partial charge in [0.1, 0.15) is 23.2 Å². The summed E-state index contributed by atoms with van der Waals surface area (Å²) in [5.41, 5.74) is 0.763. The molecule has 0 radical (unpaired) electrons. The fraction of sp³-hybridized carbons (Fsp3) is 0.333. The topological polar surface area (TPSA) is 59.1 Å². The van der Waals surface area contributed by atoms with Crippen LogP contribution in [0.5, 0.6) is 5.75 Å². The van der Waals surface area contributed by atoms with Crippen molar-refractivity contribution in [3.8, 4) is 5.75 Å². The predicted octanol–water partition coefficient (Wildman–Crippen LogP) is 3.80. The van der Waals surface area contributed by atoms with Crippen molar-refractivity contribution in [2.75, 3.05) is 24.8 Å². The second-order valence-electron chi connectivity index (χ2n) is 4.99. The van der Waals surface area contributed by atoms with E-state index in [4.69, 9.17) is 16.3 Å². The number of halogens is 1. The fourth-order valence-corrected chi connectivity index (χ4v) is 2.21. The number of nitrogens with zero attached hydrogens (tertiary/aromatic N) is 2. The van der Waals surface area contributed by atoms with E-state index in [0.717, 1.165) is 41.7 Å². The molecule has 1 aromatic carbocycles. The van der Waals surface area contributed by atoms with Crippen LogP contribution >= 0.6 is 11.6 Å². The average Bonchev–Trinajstić information content (AvgIpc) is 3.34. The Morgan fingerprint density at radius 3 is 2.62 bits per heavy atom. The Kier molecular flexibility index (Phi) is 3.84. The van der Waals surface area contributed by atoms with Crippen molar-refractivity contribution in [1.82, 2.24) is 9.97 Å². The fourth-order valence-electron chi connectivity index (χ4n) is 2.05. The van der Waals surface area contributed by atoms with Crippen LogP contribution in [0, 0.1) is 0 Å². The Hall–Kier alpha value is -2.01. The number of ether oxygens (including phenoxy) is 1. The van der Waals surface area contributed by atoms with Gasteiger partial charge in [-0.2, -0.15) is 0 Å². The first kappa shape index (κ1) is 13.9. The molecule has 0 unspecified atom stereocenters. The summed E-state index contributed by atoms with van der Waals surface area (Å²) in [6.45, 7) is 0. The van der Waals surface area contributed by atoms with Crippen LogP contribution in [0.25, 0.3) is 0 Å². The zero-order valence-corrected chi connectivity index (χ0v) is 12.7. The lowest BCUT2D eigenvalue weighted by Gasteiger charge is -2.12. The van der Waals surface area contributed by atoms with Gasteiger partial charge in [0, 0.05) is 25.1 Å². The zero-order chi connectivity index (χ0) is 14.8. The maximum absolute atomic E-state index is 6.21. The molecule has 0 amide bonds. The van der Waals surface area contributed by atoms with E-state index in [1.54, 1.807) is 13.2 Å². The maximum atomic E-state index is 6.21. The Bertz CT molecular complexity index is 658. The summed E-state index contributed by atoms with van der Waals surface area (Å²) in [6, 6.07) is 7.33. The highest BCUT2D eigenvalue weighted by molar-refractivity contribution is 6.33. The van der Waals surface area contributed by atoms with Crippen LogP contribution in [0.15, 0.2) is 24.3 Å². The monoisotopic (exact) mass is 304 g/mol. The van der Waals surface area contributed by atoms with Gasteiger partial charge >= 0.3 is 0 Å². The van der Waals surface area contributed by atoms with Gasteiger partial charge in [-0.3, -0.25) is 0 Å². The lowest BCUT2D eigenvalue weighted by molar-refractivity contribution is 0.415. The van der Waals surface area contributed by atoms with Crippen LogP contribution in [0.3, 0.4) is 0 Å². The molecule has 2 N–H and O–H groups in total. The second-order valence-corrected chi connectivity index (χ2v) is 5.40. The van der Waals surface area contributed by atoms with E-state index in [9.17, 15) is 0 Å². The molecule has 0 bridgehead atoms. The molecule has 1 aliphatic carbocycles. The van der Waals surface area contributed by atoms with E-state index in [1.165, 1.54) is 0 Å². The van der Waals surface area contributed by atoms with Crippen LogP contribution in [0.4, 0.5) is 17.3 Å². The van der Waals surface area contributed by atoms with E-state index in [-0.39, 0.29) is 0 Å². The highest BCUT2D eigenvalue weighted by atomic mass is 35.5. The number of aromatic nitrogens is 2. The third-order valence-electron chi connectivity index (χ3n) is 3.38. The summed E-state index contributed by atoms with van der Waals surface area (Å²) < 4.78 is 5.22. The highest BCUT2D eigenvalue weighted by Crippen LogP contribution is 2.39.